The number of hydrogen-bond acceptors (Lipinski definition) is 4. The van der Waals surface area contributed by atoms with Gasteiger partial charge in [0.05, 0.1) is 18.4 Å². The molecule has 0 fully saturated rings. The SMILES string of the molecule is CN1Cc2nn(C)cc2-c2cnc3[nH]cc(c3c2)-c2cnn(c2)CCCC1=O. The van der Waals surface area contributed by atoms with Crippen molar-refractivity contribution in [2.75, 3.05) is 7.05 Å². The molecule has 1 aliphatic rings. The third kappa shape index (κ3) is 2.77. The minimum atomic E-state index is 0.110. The molecule has 1 N–H and O–H groups in total. The van der Waals surface area contributed by atoms with Crippen LogP contribution in [-0.2, 0) is 24.9 Å². The van der Waals surface area contributed by atoms with Gasteiger partial charge in [0, 0.05) is 79.5 Å². The van der Waals surface area contributed by atoms with Crippen LogP contribution >= 0.6 is 0 Å². The standard InChI is InChI=1S/C20H21N7O/c1-25-12-18-17(11-26(2)24-18)13-6-15-16(9-22-20(15)21-7-13)14-8-23-27(10-14)5-3-4-19(25)28/h6-11H,3-5,12H2,1-2H3,(H,21,22). The number of carbonyl (C=O) groups excluding carboxylic acids is 1. The van der Waals surface area contributed by atoms with E-state index < -0.39 is 0 Å². The van der Waals surface area contributed by atoms with E-state index in [1.165, 1.54) is 0 Å². The van der Waals surface area contributed by atoms with E-state index >= 15 is 0 Å². The zero-order chi connectivity index (χ0) is 19.3. The van der Waals surface area contributed by atoms with Gasteiger partial charge in [0.25, 0.3) is 0 Å². The topological polar surface area (TPSA) is 84.6 Å². The summed E-state index contributed by atoms with van der Waals surface area (Å²) < 4.78 is 3.69. The van der Waals surface area contributed by atoms with Crippen molar-refractivity contribution >= 4 is 16.9 Å². The lowest BCUT2D eigenvalue weighted by Crippen LogP contribution is -2.26. The Morgan fingerprint density at radius 2 is 2.00 bits per heavy atom. The maximum atomic E-state index is 12.5. The molecule has 4 aromatic rings. The van der Waals surface area contributed by atoms with Crippen molar-refractivity contribution in [2.24, 2.45) is 7.05 Å². The number of nitrogens with zero attached hydrogens (tertiary/aromatic N) is 6. The van der Waals surface area contributed by atoms with Crippen molar-refractivity contribution in [3.8, 4) is 22.3 Å². The fraction of sp³-hybridized carbons (Fsp3) is 0.300. The lowest BCUT2D eigenvalue weighted by atomic mass is 10.0. The van der Waals surface area contributed by atoms with Gasteiger partial charge in [-0.05, 0) is 12.5 Å². The Morgan fingerprint density at radius 1 is 1.11 bits per heavy atom. The van der Waals surface area contributed by atoms with E-state index in [1.807, 2.05) is 49.8 Å². The highest BCUT2D eigenvalue weighted by Crippen LogP contribution is 2.32. The molecule has 0 aliphatic carbocycles. The second-order valence-corrected chi connectivity index (χ2v) is 7.33. The van der Waals surface area contributed by atoms with Gasteiger partial charge in [0.15, 0.2) is 0 Å². The van der Waals surface area contributed by atoms with Crippen molar-refractivity contribution < 1.29 is 4.79 Å². The summed E-state index contributed by atoms with van der Waals surface area (Å²) in [6.07, 6.45) is 10.9. The average Bonchev–Trinajstić information content (AvgIpc) is 3.38. The number of fused-ring (bicyclic) bond motifs is 6. The number of rotatable bonds is 0. The van der Waals surface area contributed by atoms with E-state index in [-0.39, 0.29) is 5.91 Å². The van der Waals surface area contributed by atoms with E-state index in [9.17, 15) is 4.79 Å². The summed E-state index contributed by atoms with van der Waals surface area (Å²) in [7, 11) is 3.73. The highest BCUT2D eigenvalue weighted by atomic mass is 16.2. The van der Waals surface area contributed by atoms with Crippen LogP contribution in [-0.4, -0.2) is 47.4 Å². The summed E-state index contributed by atoms with van der Waals surface area (Å²) in [5, 5.41) is 10.1. The smallest absolute Gasteiger partial charge is 0.222 e. The number of amides is 1. The molecule has 28 heavy (non-hydrogen) atoms. The lowest BCUT2D eigenvalue weighted by molar-refractivity contribution is -0.130. The third-order valence-corrected chi connectivity index (χ3v) is 5.28. The molecule has 5 heterocycles. The van der Waals surface area contributed by atoms with Crippen LogP contribution < -0.4 is 0 Å². The highest BCUT2D eigenvalue weighted by molar-refractivity contribution is 5.95. The summed E-state index contributed by atoms with van der Waals surface area (Å²) in [6.45, 7) is 1.18. The lowest BCUT2D eigenvalue weighted by Gasteiger charge is -2.17. The number of pyridine rings is 1. The number of H-pyrrole nitrogens is 1. The summed E-state index contributed by atoms with van der Waals surface area (Å²) in [6, 6.07) is 2.13. The summed E-state index contributed by atoms with van der Waals surface area (Å²) in [4.78, 5) is 22.2. The number of aromatic amines is 1. The Hall–Kier alpha value is -3.42. The Bertz CT molecular complexity index is 1180. The van der Waals surface area contributed by atoms with Gasteiger partial charge >= 0.3 is 0 Å². The minimum absolute atomic E-state index is 0.110. The van der Waals surface area contributed by atoms with E-state index in [0.29, 0.717) is 19.5 Å². The molecular formula is C20H21N7O. The number of nitrogens with one attached hydrogen (secondary N) is 1. The number of carbonyl (C=O) groups is 1. The molecule has 0 unspecified atom stereocenters. The van der Waals surface area contributed by atoms with Gasteiger partial charge in [0.1, 0.15) is 5.65 Å². The maximum Gasteiger partial charge on any atom is 0.222 e. The molecule has 5 rings (SSSR count). The van der Waals surface area contributed by atoms with Crippen molar-refractivity contribution in [1.29, 1.82) is 0 Å². The van der Waals surface area contributed by atoms with Crippen LogP contribution in [0.25, 0.3) is 33.3 Å². The zero-order valence-corrected chi connectivity index (χ0v) is 15.9. The molecule has 0 aromatic carbocycles. The molecule has 8 nitrogen and oxygen atoms in total. The van der Waals surface area contributed by atoms with E-state index in [4.69, 9.17) is 0 Å². The molecule has 0 spiro atoms. The van der Waals surface area contributed by atoms with Gasteiger partial charge in [-0.1, -0.05) is 0 Å². The summed E-state index contributed by atoms with van der Waals surface area (Å²) in [5.41, 5.74) is 5.80. The normalized spacial score (nSPS) is 14.9. The average molecular weight is 375 g/mol. The van der Waals surface area contributed by atoms with Crippen molar-refractivity contribution in [3.05, 3.63) is 42.7 Å². The molecule has 1 amide bonds. The highest BCUT2D eigenvalue weighted by Gasteiger charge is 2.18. The predicted octanol–water partition coefficient (Wildman–Crippen LogP) is 2.58. The molecule has 142 valence electrons. The molecule has 1 aliphatic heterocycles. The molecule has 0 atom stereocenters. The van der Waals surface area contributed by atoms with Crippen LogP contribution in [0.1, 0.15) is 18.5 Å². The van der Waals surface area contributed by atoms with Crippen LogP contribution in [0.4, 0.5) is 0 Å². The van der Waals surface area contributed by atoms with Crippen molar-refractivity contribution in [1.82, 2.24) is 34.4 Å². The Balaban J connectivity index is 1.70. The minimum Gasteiger partial charge on any atom is -0.346 e. The third-order valence-electron chi connectivity index (χ3n) is 5.28. The van der Waals surface area contributed by atoms with Crippen LogP contribution in [0.5, 0.6) is 0 Å². The summed E-state index contributed by atoms with van der Waals surface area (Å²) in [5.74, 6) is 0.110. The van der Waals surface area contributed by atoms with E-state index in [1.54, 1.807) is 9.58 Å². The van der Waals surface area contributed by atoms with Crippen LogP contribution in [0.3, 0.4) is 0 Å². The first-order valence-electron chi connectivity index (χ1n) is 9.35. The monoisotopic (exact) mass is 375 g/mol. The van der Waals surface area contributed by atoms with E-state index in [0.717, 1.165) is 45.4 Å². The van der Waals surface area contributed by atoms with Gasteiger partial charge in [-0.3, -0.25) is 14.2 Å². The Kier molecular flexibility index (Phi) is 3.78. The fourth-order valence-corrected chi connectivity index (χ4v) is 3.80. The second-order valence-electron chi connectivity index (χ2n) is 7.33. The number of hydrogen-bond donors (Lipinski definition) is 1. The van der Waals surface area contributed by atoms with Crippen molar-refractivity contribution in [2.45, 2.75) is 25.9 Å². The molecular weight excluding hydrogens is 354 g/mol. The van der Waals surface area contributed by atoms with Crippen LogP contribution in [0, 0.1) is 0 Å². The zero-order valence-electron chi connectivity index (χ0n) is 15.9. The quantitative estimate of drug-likeness (QED) is 0.512. The molecule has 4 aromatic heterocycles. The maximum absolute atomic E-state index is 12.5. The molecule has 4 bridgehead atoms. The van der Waals surface area contributed by atoms with Gasteiger partial charge < -0.3 is 9.88 Å². The molecule has 0 saturated carbocycles. The molecule has 0 saturated heterocycles. The number of aryl methyl sites for hydroxylation is 2. The van der Waals surface area contributed by atoms with Gasteiger partial charge in [-0.25, -0.2) is 4.98 Å². The van der Waals surface area contributed by atoms with Gasteiger partial charge in [-0.2, -0.15) is 10.2 Å². The molecule has 0 radical (unpaired) electrons. The van der Waals surface area contributed by atoms with Crippen LogP contribution in [0.2, 0.25) is 0 Å². The Labute approximate surface area is 161 Å². The van der Waals surface area contributed by atoms with E-state index in [2.05, 4.69) is 26.2 Å². The summed E-state index contributed by atoms with van der Waals surface area (Å²) >= 11 is 0. The first kappa shape index (κ1) is 16.7. The first-order valence-corrected chi connectivity index (χ1v) is 9.35. The Morgan fingerprint density at radius 3 is 2.89 bits per heavy atom. The fourth-order valence-electron chi connectivity index (χ4n) is 3.80. The van der Waals surface area contributed by atoms with Gasteiger partial charge in [0.2, 0.25) is 5.91 Å². The van der Waals surface area contributed by atoms with Gasteiger partial charge in [-0.15, -0.1) is 0 Å². The predicted molar refractivity (Wildman–Crippen MR) is 105 cm³/mol. The second kappa shape index (κ2) is 6.33. The van der Waals surface area contributed by atoms with Crippen LogP contribution in [0.15, 0.2) is 37.1 Å². The largest absolute Gasteiger partial charge is 0.346 e. The first-order chi connectivity index (χ1) is 13.6. The van der Waals surface area contributed by atoms with Crippen molar-refractivity contribution in [3.63, 3.8) is 0 Å². The number of aromatic nitrogens is 6. The molecule has 8 heteroatoms.